The highest BCUT2D eigenvalue weighted by Crippen LogP contribution is 2.29. The number of alkyl halides is 2. The standard InChI is InChI=1S/C21H24ClF2N3O3/c22-16-3-6-19(27-9-11-29-12-10-27)18(13-16)26-14-20(28)25-8-7-15-1-4-17(5-2-15)30-21(23)24/h1-6,13,21,26H,7-12,14H2,(H,25,28). The summed E-state index contributed by atoms with van der Waals surface area (Å²) < 4.78 is 34.0. The molecule has 2 aromatic rings. The van der Waals surface area contributed by atoms with Crippen LogP contribution in [-0.4, -0.2) is 51.9 Å². The number of carbonyl (C=O) groups excluding carboxylic acids is 1. The van der Waals surface area contributed by atoms with Crippen molar-refractivity contribution in [2.75, 3.05) is 49.6 Å². The number of rotatable bonds is 9. The van der Waals surface area contributed by atoms with Crippen LogP contribution in [0.1, 0.15) is 5.56 Å². The second-order valence-corrected chi connectivity index (χ2v) is 7.17. The van der Waals surface area contributed by atoms with Crippen molar-refractivity contribution < 1.29 is 23.0 Å². The number of nitrogens with one attached hydrogen (secondary N) is 2. The van der Waals surface area contributed by atoms with Gasteiger partial charge in [-0.1, -0.05) is 23.7 Å². The summed E-state index contributed by atoms with van der Waals surface area (Å²) in [7, 11) is 0. The highest BCUT2D eigenvalue weighted by molar-refractivity contribution is 6.31. The van der Waals surface area contributed by atoms with E-state index in [9.17, 15) is 13.6 Å². The number of ether oxygens (including phenoxy) is 2. The van der Waals surface area contributed by atoms with Crippen molar-refractivity contribution in [1.82, 2.24) is 5.32 Å². The van der Waals surface area contributed by atoms with Crippen LogP contribution in [0.3, 0.4) is 0 Å². The maximum Gasteiger partial charge on any atom is 0.387 e. The van der Waals surface area contributed by atoms with Gasteiger partial charge in [0.1, 0.15) is 5.75 Å². The van der Waals surface area contributed by atoms with Gasteiger partial charge < -0.3 is 25.0 Å². The van der Waals surface area contributed by atoms with Crippen LogP contribution >= 0.6 is 11.6 Å². The van der Waals surface area contributed by atoms with E-state index in [1.807, 2.05) is 18.2 Å². The van der Waals surface area contributed by atoms with E-state index in [1.54, 1.807) is 12.1 Å². The predicted octanol–water partition coefficient (Wildman–Crippen LogP) is 3.55. The van der Waals surface area contributed by atoms with Gasteiger partial charge in [0.2, 0.25) is 5.91 Å². The number of anilines is 2. The molecule has 6 nitrogen and oxygen atoms in total. The van der Waals surface area contributed by atoms with Crippen molar-refractivity contribution in [3.63, 3.8) is 0 Å². The third kappa shape index (κ3) is 6.74. The van der Waals surface area contributed by atoms with E-state index in [0.717, 1.165) is 30.0 Å². The molecule has 1 heterocycles. The Kier molecular flexibility index (Phi) is 8.10. The smallest absolute Gasteiger partial charge is 0.387 e. The molecule has 162 valence electrons. The van der Waals surface area contributed by atoms with Crippen LogP contribution < -0.4 is 20.3 Å². The highest BCUT2D eigenvalue weighted by Gasteiger charge is 2.15. The number of hydrogen-bond donors (Lipinski definition) is 2. The first-order chi connectivity index (χ1) is 14.5. The van der Waals surface area contributed by atoms with Crippen molar-refractivity contribution >= 4 is 28.9 Å². The molecule has 3 rings (SSSR count). The molecule has 2 aromatic carbocycles. The molecule has 1 fully saturated rings. The minimum absolute atomic E-state index is 0.110. The molecule has 1 aliphatic heterocycles. The molecular weight excluding hydrogens is 416 g/mol. The van der Waals surface area contributed by atoms with Gasteiger partial charge in [-0.15, -0.1) is 0 Å². The van der Waals surface area contributed by atoms with E-state index in [2.05, 4.69) is 20.3 Å². The minimum atomic E-state index is -2.84. The van der Waals surface area contributed by atoms with E-state index in [1.165, 1.54) is 12.1 Å². The number of morpholine rings is 1. The Balaban J connectivity index is 1.46. The zero-order valence-corrected chi connectivity index (χ0v) is 17.1. The molecule has 30 heavy (non-hydrogen) atoms. The fourth-order valence-electron chi connectivity index (χ4n) is 3.15. The summed E-state index contributed by atoms with van der Waals surface area (Å²) in [5.41, 5.74) is 2.70. The number of benzene rings is 2. The van der Waals surface area contributed by atoms with Gasteiger partial charge in [0, 0.05) is 24.7 Å². The Morgan fingerprint density at radius 2 is 1.90 bits per heavy atom. The lowest BCUT2D eigenvalue weighted by Gasteiger charge is -2.30. The molecule has 1 aliphatic rings. The lowest BCUT2D eigenvalue weighted by atomic mass is 10.1. The third-order valence-electron chi connectivity index (χ3n) is 4.63. The fraction of sp³-hybridized carbons (Fsp3) is 0.381. The first kappa shape index (κ1) is 22.1. The molecule has 0 bridgehead atoms. The van der Waals surface area contributed by atoms with Crippen molar-refractivity contribution in [3.8, 4) is 5.75 Å². The summed E-state index contributed by atoms with van der Waals surface area (Å²) in [6.45, 7) is 0.592. The Hall–Kier alpha value is -2.58. The third-order valence-corrected chi connectivity index (χ3v) is 4.87. The zero-order chi connectivity index (χ0) is 21.3. The summed E-state index contributed by atoms with van der Waals surface area (Å²) in [6, 6.07) is 11.9. The molecule has 0 radical (unpaired) electrons. The maximum absolute atomic E-state index is 12.2. The molecule has 1 saturated heterocycles. The number of hydrogen-bond acceptors (Lipinski definition) is 5. The number of carbonyl (C=O) groups is 1. The lowest BCUT2D eigenvalue weighted by molar-refractivity contribution is -0.119. The largest absolute Gasteiger partial charge is 0.435 e. The molecule has 0 aliphatic carbocycles. The summed E-state index contributed by atoms with van der Waals surface area (Å²) in [6.07, 6.45) is 0.580. The summed E-state index contributed by atoms with van der Waals surface area (Å²) in [5.74, 6) is -0.0415. The normalized spacial score (nSPS) is 13.9. The first-order valence-corrected chi connectivity index (χ1v) is 10.1. The zero-order valence-electron chi connectivity index (χ0n) is 16.4. The van der Waals surface area contributed by atoms with Crippen molar-refractivity contribution in [2.45, 2.75) is 13.0 Å². The van der Waals surface area contributed by atoms with Gasteiger partial charge in [0.15, 0.2) is 0 Å². The average molecular weight is 440 g/mol. The molecule has 0 unspecified atom stereocenters. The average Bonchev–Trinajstić information content (AvgIpc) is 2.74. The number of amides is 1. The fourth-order valence-corrected chi connectivity index (χ4v) is 3.32. The SMILES string of the molecule is O=C(CNc1cc(Cl)ccc1N1CCOCC1)NCCc1ccc(OC(F)F)cc1. The van der Waals surface area contributed by atoms with Gasteiger partial charge in [0.05, 0.1) is 31.1 Å². The minimum Gasteiger partial charge on any atom is -0.435 e. The monoisotopic (exact) mass is 439 g/mol. The molecule has 0 atom stereocenters. The van der Waals surface area contributed by atoms with Crippen LogP contribution in [-0.2, 0) is 16.0 Å². The van der Waals surface area contributed by atoms with Crippen LogP contribution in [0.4, 0.5) is 20.2 Å². The second-order valence-electron chi connectivity index (χ2n) is 6.74. The molecule has 0 spiro atoms. The topological polar surface area (TPSA) is 62.8 Å². The lowest BCUT2D eigenvalue weighted by Crippen LogP contribution is -2.37. The maximum atomic E-state index is 12.2. The van der Waals surface area contributed by atoms with E-state index in [4.69, 9.17) is 16.3 Å². The molecule has 0 saturated carbocycles. The van der Waals surface area contributed by atoms with Gasteiger partial charge in [-0.25, -0.2) is 0 Å². The molecule has 0 aromatic heterocycles. The molecular formula is C21H24ClF2N3O3. The number of halogens is 3. The highest BCUT2D eigenvalue weighted by atomic mass is 35.5. The van der Waals surface area contributed by atoms with Crippen molar-refractivity contribution in [1.29, 1.82) is 0 Å². The van der Waals surface area contributed by atoms with Crippen LogP contribution in [0.5, 0.6) is 5.75 Å². The molecule has 9 heteroatoms. The van der Waals surface area contributed by atoms with E-state index < -0.39 is 6.61 Å². The van der Waals surface area contributed by atoms with E-state index in [0.29, 0.717) is 31.2 Å². The quantitative estimate of drug-likeness (QED) is 0.625. The van der Waals surface area contributed by atoms with Gasteiger partial charge >= 0.3 is 6.61 Å². The second kappa shape index (κ2) is 11.0. The van der Waals surface area contributed by atoms with Crippen LogP contribution in [0.2, 0.25) is 5.02 Å². The van der Waals surface area contributed by atoms with Crippen LogP contribution in [0, 0.1) is 0 Å². The van der Waals surface area contributed by atoms with Crippen molar-refractivity contribution in [2.24, 2.45) is 0 Å². The van der Waals surface area contributed by atoms with Crippen LogP contribution in [0.15, 0.2) is 42.5 Å². The molecule has 2 N–H and O–H groups in total. The van der Waals surface area contributed by atoms with Gasteiger partial charge in [-0.3, -0.25) is 4.79 Å². The van der Waals surface area contributed by atoms with E-state index in [-0.39, 0.29) is 18.2 Å². The van der Waals surface area contributed by atoms with Gasteiger partial charge in [0.25, 0.3) is 0 Å². The Morgan fingerprint density at radius 3 is 2.60 bits per heavy atom. The Labute approximate surface area is 179 Å². The van der Waals surface area contributed by atoms with E-state index >= 15 is 0 Å². The van der Waals surface area contributed by atoms with Crippen LogP contribution in [0.25, 0.3) is 0 Å². The summed E-state index contributed by atoms with van der Waals surface area (Å²) in [4.78, 5) is 14.4. The summed E-state index contributed by atoms with van der Waals surface area (Å²) in [5, 5.41) is 6.59. The molecule has 1 amide bonds. The summed E-state index contributed by atoms with van der Waals surface area (Å²) >= 11 is 6.13. The number of nitrogens with zero attached hydrogens (tertiary/aromatic N) is 1. The van der Waals surface area contributed by atoms with Gasteiger partial charge in [-0.05, 0) is 42.3 Å². The first-order valence-electron chi connectivity index (χ1n) is 9.68. The predicted molar refractivity (Wildman–Crippen MR) is 113 cm³/mol. The Morgan fingerprint density at radius 1 is 1.17 bits per heavy atom. The van der Waals surface area contributed by atoms with Crippen molar-refractivity contribution in [3.05, 3.63) is 53.1 Å². The van der Waals surface area contributed by atoms with Gasteiger partial charge in [-0.2, -0.15) is 8.78 Å². The Bertz CT molecular complexity index is 831.